The summed E-state index contributed by atoms with van der Waals surface area (Å²) in [6.07, 6.45) is -1.58. The van der Waals surface area contributed by atoms with Crippen LogP contribution < -0.4 is 15.4 Å². The molecule has 0 saturated heterocycles. The molecule has 3 aromatic rings. The zero-order valence-electron chi connectivity index (χ0n) is 15.6. The van der Waals surface area contributed by atoms with Gasteiger partial charge in [-0.2, -0.15) is 4.98 Å². The van der Waals surface area contributed by atoms with E-state index in [1.807, 2.05) is 6.07 Å². The van der Waals surface area contributed by atoms with Crippen molar-refractivity contribution in [1.29, 1.82) is 0 Å². The summed E-state index contributed by atoms with van der Waals surface area (Å²) in [6.45, 7) is 1.63. The summed E-state index contributed by atoms with van der Waals surface area (Å²) in [7, 11) is 0. The predicted molar refractivity (Wildman–Crippen MR) is 107 cm³/mol. The molecular weight excluding hydrogens is 423 g/mol. The van der Waals surface area contributed by atoms with Crippen LogP contribution in [0.1, 0.15) is 6.92 Å². The number of aliphatic hydroxyl groups is 1. The van der Waals surface area contributed by atoms with E-state index < -0.39 is 12.1 Å². The summed E-state index contributed by atoms with van der Waals surface area (Å²) in [5.41, 5.74) is 1.68. The lowest BCUT2D eigenvalue weighted by molar-refractivity contribution is -0.274. The van der Waals surface area contributed by atoms with E-state index in [9.17, 15) is 18.3 Å². The van der Waals surface area contributed by atoms with Gasteiger partial charge >= 0.3 is 6.36 Å². The summed E-state index contributed by atoms with van der Waals surface area (Å²) < 4.78 is 41.1. The van der Waals surface area contributed by atoms with Gasteiger partial charge in [0.1, 0.15) is 11.6 Å². The van der Waals surface area contributed by atoms with E-state index in [2.05, 4.69) is 30.3 Å². The number of halogens is 4. The first-order valence-corrected chi connectivity index (χ1v) is 9.10. The molecule has 30 heavy (non-hydrogen) atoms. The molecule has 0 unspecified atom stereocenters. The molecule has 1 aromatic carbocycles. The summed E-state index contributed by atoms with van der Waals surface area (Å²) in [4.78, 5) is 12.8. The van der Waals surface area contributed by atoms with Gasteiger partial charge in [-0.25, -0.2) is 4.98 Å². The predicted octanol–water partition coefficient (Wildman–Crippen LogP) is 4.63. The number of alkyl halides is 3. The standard InChI is InChI=1S/C19H17ClF3N5O2/c1-11(10-29)25-18-27-15(12-3-2-6-24-9-12)8-17(28-18)26-13-4-5-16(14(20)7-13)30-19(21,22)23/h2-9,11,29H,10H2,1H3,(H2,25,26,27,28)/t11-/m0/s1. The highest BCUT2D eigenvalue weighted by atomic mass is 35.5. The normalized spacial score (nSPS) is 12.3. The topological polar surface area (TPSA) is 92.2 Å². The van der Waals surface area contributed by atoms with Crippen LogP contribution in [0, 0.1) is 0 Å². The lowest BCUT2D eigenvalue weighted by Crippen LogP contribution is -2.21. The molecular formula is C19H17ClF3N5O2. The first-order chi connectivity index (χ1) is 14.2. The van der Waals surface area contributed by atoms with Crippen molar-refractivity contribution in [3.05, 3.63) is 53.8 Å². The van der Waals surface area contributed by atoms with Crippen LogP contribution in [0.3, 0.4) is 0 Å². The molecule has 3 N–H and O–H groups in total. The Morgan fingerprint density at radius 2 is 2.00 bits per heavy atom. The summed E-state index contributed by atoms with van der Waals surface area (Å²) >= 11 is 5.90. The number of nitrogens with zero attached hydrogens (tertiary/aromatic N) is 3. The summed E-state index contributed by atoms with van der Waals surface area (Å²) in [6, 6.07) is 8.70. The molecule has 1 atom stereocenters. The zero-order valence-corrected chi connectivity index (χ0v) is 16.4. The summed E-state index contributed by atoms with van der Waals surface area (Å²) in [5, 5.41) is 15.0. The van der Waals surface area contributed by atoms with Crippen LogP contribution in [-0.4, -0.2) is 39.1 Å². The molecule has 3 rings (SSSR count). The van der Waals surface area contributed by atoms with Gasteiger partial charge in [0.05, 0.1) is 17.3 Å². The number of anilines is 3. The summed E-state index contributed by atoms with van der Waals surface area (Å²) in [5.74, 6) is 0.105. The van der Waals surface area contributed by atoms with Crippen molar-refractivity contribution in [2.75, 3.05) is 17.2 Å². The van der Waals surface area contributed by atoms with Gasteiger partial charge in [0.15, 0.2) is 0 Å². The highest BCUT2D eigenvalue weighted by Crippen LogP contribution is 2.33. The molecule has 0 aliphatic rings. The SMILES string of the molecule is C[C@@H](CO)Nc1nc(Nc2ccc(OC(F)(F)F)c(Cl)c2)cc(-c2cccnc2)n1. The van der Waals surface area contributed by atoms with Crippen molar-refractivity contribution < 1.29 is 23.0 Å². The van der Waals surface area contributed by atoms with E-state index in [0.29, 0.717) is 17.2 Å². The molecule has 11 heteroatoms. The quantitative estimate of drug-likeness (QED) is 0.494. The number of aromatic nitrogens is 3. The molecule has 158 valence electrons. The Bertz CT molecular complexity index is 1010. The van der Waals surface area contributed by atoms with Gasteiger partial charge in [0.2, 0.25) is 5.95 Å². The van der Waals surface area contributed by atoms with Crippen LogP contribution in [0.25, 0.3) is 11.3 Å². The number of nitrogens with one attached hydrogen (secondary N) is 2. The van der Waals surface area contributed by atoms with Crippen LogP contribution in [0.2, 0.25) is 5.02 Å². The molecule has 0 aliphatic carbocycles. The third-order valence-electron chi connectivity index (χ3n) is 3.76. The Morgan fingerprint density at radius 1 is 1.20 bits per heavy atom. The molecule has 0 bridgehead atoms. The Labute approximate surface area is 174 Å². The fourth-order valence-electron chi connectivity index (χ4n) is 2.44. The first kappa shape index (κ1) is 21.6. The Morgan fingerprint density at radius 3 is 2.63 bits per heavy atom. The van der Waals surface area contributed by atoms with Gasteiger partial charge in [-0.1, -0.05) is 11.6 Å². The fraction of sp³-hybridized carbons (Fsp3) is 0.211. The smallest absolute Gasteiger partial charge is 0.404 e. The van der Waals surface area contributed by atoms with Gasteiger partial charge in [-0.05, 0) is 37.3 Å². The zero-order chi connectivity index (χ0) is 21.7. The monoisotopic (exact) mass is 439 g/mol. The molecule has 0 amide bonds. The molecule has 7 nitrogen and oxygen atoms in total. The number of pyridine rings is 1. The maximum atomic E-state index is 12.4. The van der Waals surface area contributed by atoms with Gasteiger partial charge in [0, 0.05) is 35.8 Å². The first-order valence-electron chi connectivity index (χ1n) is 8.72. The minimum absolute atomic E-state index is 0.125. The molecule has 0 aliphatic heterocycles. The second-order valence-corrected chi connectivity index (χ2v) is 6.66. The van der Waals surface area contributed by atoms with Gasteiger partial charge in [-0.15, -0.1) is 13.2 Å². The van der Waals surface area contributed by atoms with E-state index in [-0.39, 0.29) is 23.6 Å². The molecule has 0 fully saturated rings. The maximum Gasteiger partial charge on any atom is 0.573 e. The van der Waals surface area contributed by atoms with Gasteiger partial charge < -0.3 is 20.5 Å². The maximum absolute atomic E-state index is 12.4. The number of rotatable bonds is 7. The lowest BCUT2D eigenvalue weighted by atomic mass is 10.2. The van der Waals surface area contributed by atoms with Crippen molar-refractivity contribution in [3.63, 3.8) is 0 Å². The minimum Gasteiger partial charge on any atom is -0.404 e. The minimum atomic E-state index is -4.84. The third kappa shape index (κ3) is 5.94. The Hall–Kier alpha value is -3.11. The van der Waals surface area contributed by atoms with Crippen LogP contribution >= 0.6 is 11.6 Å². The van der Waals surface area contributed by atoms with E-state index in [1.54, 1.807) is 31.5 Å². The fourth-order valence-corrected chi connectivity index (χ4v) is 2.66. The number of hydrogen-bond acceptors (Lipinski definition) is 7. The Balaban J connectivity index is 1.91. The van der Waals surface area contributed by atoms with Crippen molar-refractivity contribution in [2.45, 2.75) is 19.3 Å². The number of hydrogen-bond donors (Lipinski definition) is 3. The molecule has 0 saturated carbocycles. The van der Waals surface area contributed by atoms with Gasteiger partial charge in [-0.3, -0.25) is 4.98 Å². The molecule has 0 radical (unpaired) electrons. The van der Waals surface area contributed by atoms with Gasteiger partial charge in [0.25, 0.3) is 0 Å². The van der Waals surface area contributed by atoms with E-state index in [0.717, 1.165) is 11.6 Å². The molecule has 2 heterocycles. The average molecular weight is 440 g/mol. The van der Waals surface area contributed by atoms with E-state index >= 15 is 0 Å². The van der Waals surface area contributed by atoms with E-state index in [4.69, 9.17) is 11.6 Å². The third-order valence-corrected chi connectivity index (χ3v) is 4.06. The van der Waals surface area contributed by atoms with Crippen molar-refractivity contribution in [2.24, 2.45) is 0 Å². The molecule has 2 aromatic heterocycles. The number of benzene rings is 1. The second-order valence-electron chi connectivity index (χ2n) is 6.25. The van der Waals surface area contributed by atoms with Crippen LogP contribution in [0.15, 0.2) is 48.8 Å². The highest BCUT2D eigenvalue weighted by molar-refractivity contribution is 6.32. The van der Waals surface area contributed by atoms with Crippen molar-refractivity contribution in [3.8, 4) is 17.0 Å². The average Bonchev–Trinajstić information content (AvgIpc) is 2.69. The largest absolute Gasteiger partial charge is 0.573 e. The van der Waals surface area contributed by atoms with Crippen LogP contribution in [-0.2, 0) is 0 Å². The van der Waals surface area contributed by atoms with Crippen molar-refractivity contribution in [1.82, 2.24) is 15.0 Å². The second kappa shape index (κ2) is 9.14. The molecule has 0 spiro atoms. The lowest BCUT2D eigenvalue weighted by Gasteiger charge is -2.15. The van der Waals surface area contributed by atoms with Crippen molar-refractivity contribution >= 4 is 29.1 Å². The highest BCUT2D eigenvalue weighted by Gasteiger charge is 2.32. The van der Waals surface area contributed by atoms with E-state index in [1.165, 1.54) is 12.1 Å². The Kier molecular flexibility index (Phi) is 6.58. The number of aliphatic hydroxyl groups excluding tert-OH is 1. The number of ether oxygens (including phenoxy) is 1. The van der Waals surface area contributed by atoms with Crippen LogP contribution in [0.4, 0.5) is 30.6 Å². The van der Waals surface area contributed by atoms with Crippen LogP contribution in [0.5, 0.6) is 5.75 Å².